The van der Waals surface area contributed by atoms with E-state index in [2.05, 4.69) is 5.32 Å². The minimum absolute atomic E-state index is 0.131. The lowest BCUT2D eigenvalue weighted by Gasteiger charge is -2.17. The molecule has 0 aliphatic rings. The molecule has 2 amide bonds. The van der Waals surface area contributed by atoms with Gasteiger partial charge in [0.1, 0.15) is 5.75 Å². The number of sulfonamides is 1. The van der Waals surface area contributed by atoms with Crippen molar-refractivity contribution >= 4 is 27.5 Å². The van der Waals surface area contributed by atoms with Crippen molar-refractivity contribution in [3.05, 3.63) is 90.0 Å². The van der Waals surface area contributed by atoms with E-state index in [1.54, 1.807) is 24.3 Å². The molecule has 0 saturated carbocycles. The monoisotopic (exact) mass is 467 g/mol. The van der Waals surface area contributed by atoms with Crippen molar-refractivity contribution < 1.29 is 22.7 Å². The van der Waals surface area contributed by atoms with Crippen molar-refractivity contribution in [1.29, 1.82) is 0 Å². The fourth-order valence-corrected chi connectivity index (χ4v) is 4.23. The number of hydrogen-bond donors (Lipinski definition) is 2. The van der Waals surface area contributed by atoms with Gasteiger partial charge in [-0.25, -0.2) is 8.42 Å². The Labute approximate surface area is 193 Å². The highest BCUT2D eigenvalue weighted by Gasteiger charge is 2.21. The number of amides is 2. The number of primary amides is 1. The number of hydrogen-bond acceptors (Lipinski definition) is 5. The maximum Gasteiger partial charge on any atom is 0.262 e. The van der Waals surface area contributed by atoms with Gasteiger partial charge in [0.25, 0.3) is 5.91 Å². The van der Waals surface area contributed by atoms with Crippen molar-refractivity contribution in [1.82, 2.24) is 4.31 Å². The Hall–Kier alpha value is -3.69. The summed E-state index contributed by atoms with van der Waals surface area (Å²) in [5, 5.41) is 2.66. The summed E-state index contributed by atoms with van der Waals surface area (Å²) >= 11 is 0. The molecule has 3 aromatic rings. The number of nitrogens with one attached hydrogen (secondary N) is 1. The third-order valence-corrected chi connectivity index (χ3v) is 6.58. The summed E-state index contributed by atoms with van der Waals surface area (Å²) < 4.78 is 32.3. The van der Waals surface area contributed by atoms with Gasteiger partial charge in [-0.15, -0.1) is 0 Å². The number of nitrogens with two attached hydrogens (primary N) is 1. The normalized spacial score (nSPS) is 11.2. The number of carbonyl (C=O) groups excluding carboxylic acids is 2. The number of nitrogens with zero attached hydrogens (tertiary/aromatic N) is 1. The molecule has 172 valence electrons. The minimum atomic E-state index is -3.67. The summed E-state index contributed by atoms with van der Waals surface area (Å²) in [7, 11) is -2.15. The van der Waals surface area contributed by atoms with Gasteiger partial charge < -0.3 is 15.8 Å². The van der Waals surface area contributed by atoms with Crippen LogP contribution in [0.1, 0.15) is 11.1 Å². The standard InChI is InChI=1S/C24H25N3O5S/c1-27(16-19-5-3-2-4-6-19)33(30,31)22-13-9-20(10-14-22)26-24(29)17-32-21-11-7-18(8-12-21)15-23(25)28/h2-14H,15-17H2,1H3,(H2,25,28)(H,26,29). The van der Waals surface area contributed by atoms with Crippen molar-refractivity contribution in [3.8, 4) is 5.75 Å². The molecule has 0 aromatic heterocycles. The summed E-state index contributed by atoms with van der Waals surface area (Å²) in [5.41, 5.74) is 7.24. The summed E-state index contributed by atoms with van der Waals surface area (Å²) in [5.74, 6) is -0.348. The summed E-state index contributed by atoms with van der Waals surface area (Å²) in [6.07, 6.45) is 0.133. The first-order valence-corrected chi connectivity index (χ1v) is 11.6. The zero-order valence-electron chi connectivity index (χ0n) is 18.1. The largest absolute Gasteiger partial charge is 0.484 e. The maximum atomic E-state index is 12.8. The zero-order chi connectivity index (χ0) is 23.8. The Morgan fingerprint density at radius 1 is 0.909 bits per heavy atom. The van der Waals surface area contributed by atoms with Crippen molar-refractivity contribution in [2.24, 2.45) is 5.73 Å². The lowest BCUT2D eigenvalue weighted by atomic mass is 10.1. The SMILES string of the molecule is CN(Cc1ccccc1)S(=O)(=O)c1ccc(NC(=O)COc2ccc(CC(N)=O)cc2)cc1. The summed E-state index contributed by atoms with van der Waals surface area (Å²) in [4.78, 5) is 23.2. The van der Waals surface area contributed by atoms with Crippen LogP contribution >= 0.6 is 0 Å². The topological polar surface area (TPSA) is 119 Å². The van der Waals surface area contributed by atoms with Crippen LogP contribution in [-0.2, 0) is 32.6 Å². The fraction of sp³-hybridized carbons (Fsp3) is 0.167. The second-order valence-electron chi connectivity index (χ2n) is 7.39. The van der Waals surface area contributed by atoms with Crippen molar-refractivity contribution in [2.75, 3.05) is 19.0 Å². The molecular weight excluding hydrogens is 442 g/mol. The molecule has 0 aliphatic heterocycles. The van der Waals surface area contributed by atoms with Crippen LogP contribution in [-0.4, -0.2) is 38.2 Å². The van der Waals surface area contributed by atoms with Crippen LogP contribution < -0.4 is 15.8 Å². The van der Waals surface area contributed by atoms with Crippen LogP contribution in [0.5, 0.6) is 5.75 Å². The van der Waals surface area contributed by atoms with E-state index >= 15 is 0 Å². The van der Waals surface area contributed by atoms with Gasteiger partial charge in [0.15, 0.2) is 6.61 Å². The van der Waals surface area contributed by atoms with Crippen LogP contribution in [0, 0.1) is 0 Å². The van der Waals surface area contributed by atoms with Gasteiger partial charge in [-0.05, 0) is 47.5 Å². The number of rotatable bonds is 10. The van der Waals surface area contributed by atoms with E-state index in [0.29, 0.717) is 11.4 Å². The van der Waals surface area contributed by atoms with Gasteiger partial charge >= 0.3 is 0 Å². The minimum Gasteiger partial charge on any atom is -0.484 e. The zero-order valence-corrected chi connectivity index (χ0v) is 18.9. The second kappa shape index (κ2) is 10.8. The Morgan fingerprint density at radius 2 is 1.55 bits per heavy atom. The van der Waals surface area contributed by atoms with Gasteiger partial charge in [-0.1, -0.05) is 42.5 Å². The van der Waals surface area contributed by atoms with E-state index < -0.39 is 21.8 Å². The first-order valence-electron chi connectivity index (χ1n) is 10.1. The van der Waals surface area contributed by atoms with Gasteiger partial charge in [0.2, 0.25) is 15.9 Å². The van der Waals surface area contributed by atoms with E-state index in [9.17, 15) is 18.0 Å². The Balaban J connectivity index is 1.54. The fourth-order valence-electron chi connectivity index (χ4n) is 3.07. The molecule has 0 aliphatic carbocycles. The Morgan fingerprint density at radius 3 is 2.15 bits per heavy atom. The van der Waals surface area contributed by atoms with E-state index in [1.165, 1.54) is 35.6 Å². The summed E-state index contributed by atoms with van der Waals surface area (Å²) in [6, 6.07) is 22.0. The molecule has 0 heterocycles. The molecule has 0 bridgehead atoms. The number of anilines is 1. The predicted molar refractivity (Wildman–Crippen MR) is 125 cm³/mol. The predicted octanol–water partition coefficient (Wildman–Crippen LogP) is 2.55. The van der Waals surface area contributed by atoms with Gasteiger partial charge in [-0.2, -0.15) is 4.31 Å². The molecule has 3 N–H and O–H groups in total. The van der Waals surface area contributed by atoms with Crippen LogP contribution in [0.3, 0.4) is 0 Å². The Bertz CT molecular complexity index is 1200. The average molecular weight is 468 g/mol. The lowest BCUT2D eigenvalue weighted by Crippen LogP contribution is -2.26. The second-order valence-corrected chi connectivity index (χ2v) is 9.44. The van der Waals surface area contributed by atoms with Crippen LogP contribution in [0.2, 0.25) is 0 Å². The molecule has 9 heteroatoms. The van der Waals surface area contributed by atoms with E-state index in [0.717, 1.165) is 11.1 Å². The maximum absolute atomic E-state index is 12.8. The lowest BCUT2D eigenvalue weighted by molar-refractivity contribution is -0.118. The first-order chi connectivity index (χ1) is 15.7. The number of benzene rings is 3. The average Bonchev–Trinajstić information content (AvgIpc) is 2.79. The van der Waals surface area contributed by atoms with Crippen LogP contribution in [0.4, 0.5) is 5.69 Å². The van der Waals surface area contributed by atoms with E-state index in [-0.39, 0.29) is 24.5 Å². The molecule has 3 rings (SSSR count). The molecule has 8 nitrogen and oxygen atoms in total. The Kier molecular flexibility index (Phi) is 7.81. The third kappa shape index (κ3) is 6.90. The van der Waals surface area contributed by atoms with Gasteiger partial charge in [-0.3, -0.25) is 9.59 Å². The van der Waals surface area contributed by atoms with Gasteiger partial charge in [0, 0.05) is 19.3 Å². The molecular formula is C24H25N3O5S. The van der Waals surface area contributed by atoms with E-state index in [4.69, 9.17) is 10.5 Å². The first kappa shape index (κ1) is 24.0. The smallest absolute Gasteiger partial charge is 0.262 e. The molecule has 0 atom stereocenters. The van der Waals surface area contributed by atoms with Gasteiger partial charge in [0.05, 0.1) is 11.3 Å². The molecule has 3 aromatic carbocycles. The quantitative estimate of drug-likeness (QED) is 0.475. The van der Waals surface area contributed by atoms with Crippen molar-refractivity contribution in [3.63, 3.8) is 0 Å². The molecule has 0 radical (unpaired) electrons. The molecule has 0 spiro atoms. The van der Waals surface area contributed by atoms with Crippen molar-refractivity contribution in [2.45, 2.75) is 17.9 Å². The highest BCUT2D eigenvalue weighted by molar-refractivity contribution is 7.89. The van der Waals surface area contributed by atoms with Crippen LogP contribution in [0.25, 0.3) is 0 Å². The molecule has 0 unspecified atom stereocenters. The third-order valence-electron chi connectivity index (χ3n) is 4.77. The number of ether oxygens (including phenoxy) is 1. The highest BCUT2D eigenvalue weighted by atomic mass is 32.2. The number of carbonyl (C=O) groups is 2. The van der Waals surface area contributed by atoms with E-state index in [1.807, 2.05) is 30.3 Å². The summed E-state index contributed by atoms with van der Waals surface area (Å²) in [6.45, 7) is 0.0253. The highest BCUT2D eigenvalue weighted by Crippen LogP contribution is 2.19. The van der Waals surface area contributed by atoms with Crippen LogP contribution in [0.15, 0.2) is 83.8 Å². The molecule has 0 saturated heterocycles. The molecule has 0 fully saturated rings. The molecule has 33 heavy (non-hydrogen) atoms.